The Bertz CT molecular complexity index is 2620. The van der Waals surface area contributed by atoms with Crippen LogP contribution < -0.4 is 25.6 Å². The maximum absolute atomic E-state index is 13.3. The summed E-state index contributed by atoms with van der Waals surface area (Å²) in [6.07, 6.45) is 4.27. The van der Waals surface area contributed by atoms with Crippen molar-refractivity contribution in [2.45, 2.75) is 64.6 Å². The van der Waals surface area contributed by atoms with E-state index < -0.39 is 5.92 Å². The van der Waals surface area contributed by atoms with Crippen molar-refractivity contribution < 1.29 is 47.6 Å². The van der Waals surface area contributed by atoms with Crippen molar-refractivity contribution >= 4 is 57.9 Å². The molecule has 0 saturated carbocycles. The lowest BCUT2D eigenvalue weighted by atomic mass is 9.88. The maximum atomic E-state index is 13.3. The summed E-state index contributed by atoms with van der Waals surface area (Å²) in [5.41, 5.74) is 6.27. The molecule has 76 heavy (non-hydrogen) atoms. The van der Waals surface area contributed by atoms with Gasteiger partial charge in [-0.1, -0.05) is 55.3 Å². The molecule has 17 nitrogen and oxygen atoms in total. The highest BCUT2D eigenvalue weighted by molar-refractivity contribution is 7.09. The Morgan fingerprint density at radius 2 is 1.42 bits per heavy atom. The van der Waals surface area contributed by atoms with Crippen LogP contribution in [0.5, 0.6) is 5.75 Å². The average Bonchev–Trinajstić information content (AvgIpc) is 3.96. The van der Waals surface area contributed by atoms with Crippen LogP contribution in [0.2, 0.25) is 5.02 Å². The third-order valence-corrected chi connectivity index (χ3v) is 13.7. The molecule has 4 amide bonds. The fourth-order valence-electron chi connectivity index (χ4n) is 8.76. The first kappa shape index (κ1) is 58.8. The molecule has 2 heterocycles. The third-order valence-electron chi connectivity index (χ3n) is 12.6. The van der Waals surface area contributed by atoms with Crippen molar-refractivity contribution in [2.75, 3.05) is 103 Å². The summed E-state index contributed by atoms with van der Waals surface area (Å²) in [4.78, 5) is 58.9. The van der Waals surface area contributed by atoms with E-state index in [0.29, 0.717) is 95.5 Å². The Morgan fingerprint density at radius 3 is 2.00 bits per heavy atom. The molecular weight excluding hydrogens is 1010 g/mol. The summed E-state index contributed by atoms with van der Waals surface area (Å²) >= 11 is 7.56. The van der Waals surface area contributed by atoms with E-state index in [1.54, 1.807) is 49.3 Å². The number of fused-ring (bicyclic) bond motifs is 1. The fraction of sp³-hybridized carbons (Fsp3) is 0.439. The minimum Gasteiger partial charge on any atom is -0.484 e. The molecule has 0 spiro atoms. The zero-order valence-corrected chi connectivity index (χ0v) is 45.4. The van der Waals surface area contributed by atoms with Crippen molar-refractivity contribution in [3.05, 3.63) is 129 Å². The van der Waals surface area contributed by atoms with Gasteiger partial charge in [0.05, 0.1) is 89.2 Å². The highest BCUT2D eigenvalue weighted by Gasteiger charge is 2.33. The van der Waals surface area contributed by atoms with E-state index >= 15 is 0 Å². The number of hydrogen-bond acceptors (Lipinski definition) is 14. The quantitative estimate of drug-likeness (QED) is 0.0347. The number of hydrogen-bond donors (Lipinski definition) is 3. The SMILES string of the molecule is CCCC(c1ccc(OCC(=O)NCCOCCOCCOCCOCCOCCNC(=O)c2ccc(-c3ccc4c(c3)[C@H](Nc3ccc(Cl)cc3)C[C@H](C)N4C(C)=O)cc2)cc1)N(C)C(=O)C(C#N)Cc1nccs1. The largest absolute Gasteiger partial charge is 0.484 e. The van der Waals surface area contributed by atoms with Gasteiger partial charge in [-0.15, -0.1) is 11.3 Å². The summed E-state index contributed by atoms with van der Waals surface area (Å²) in [6, 6.07) is 30.5. The van der Waals surface area contributed by atoms with Crippen molar-refractivity contribution in [1.29, 1.82) is 5.26 Å². The number of nitriles is 1. The molecule has 6 rings (SSSR count). The minimum atomic E-state index is -0.814. The molecule has 406 valence electrons. The standard InChI is InChI=1S/C57H70ClN7O10S/c1-5-6-52(64(4)57(69)46(38-59)37-55-61-23-34-76-55)43-11-18-49(19-12-43)75-39-54(67)60-21-24-70-26-28-72-30-32-74-33-31-73-29-27-71-25-22-62-56(68)44-9-7-42(8-10-44)45-13-20-53-50(36-45)51(35-40(2)65(53)41(3)66)63-48-16-14-47(58)15-17-48/h7-20,23,34,36,40,46,51-52,63H,5-6,21-22,24-33,35,37,39H2,1-4H3,(H,60,67)(H,62,68)/t40-,46?,51+,52?/m0/s1. The molecule has 0 bridgehead atoms. The molecule has 0 radical (unpaired) electrons. The fourth-order valence-corrected chi connectivity index (χ4v) is 9.55. The monoisotopic (exact) mass is 1080 g/mol. The number of ether oxygens (including phenoxy) is 6. The van der Waals surface area contributed by atoms with Crippen LogP contribution in [0.1, 0.15) is 78.6 Å². The summed E-state index contributed by atoms with van der Waals surface area (Å²) in [5, 5.41) is 22.3. The molecule has 4 atom stereocenters. The minimum absolute atomic E-state index is 0.00182. The van der Waals surface area contributed by atoms with Crippen molar-refractivity contribution in [2.24, 2.45) is 5.92 Å². The van der Waals surface area contributed by atoms with Crippen LogP contribution in [0, 0.1) is 17.2 Å². The second-order valence-electron chi connectivity index (χ2n) is 18.1. The Kier molecular flexibility index (Phi) is 24.4. The van der Waals surface area contributed by atoms with Gasteiger partial charge in [-0.3, -0.25) is 19.2 Å². The lowest BCUT2D eigenvalue weighted by Gasteiger charge is -2.39. The number of halogens is 1. The normalized spacial score (nSPS) is 14.7. The molecule has 3 N–H and O–H groups in total. The first-order chi connectivity index (χ1) is 36.9. The summed E-state index contributed by atoms with van der Waals surface area (Å²) in [7, 11) is 1.73. The first-order valence-electron chi connectivity index (χ1n) is 25.7. The van der Waals surface area contributed by atoms with E-state index in [1.165, 1.54) is 11.3 Å². The Morgan fingerprint density at radius 1 is 0.816 bits per heavy atom. The van der Waals surface area contributed by atoms with Gasteiger partial charge in [-0.2, -0.15) is 5.26 Å². The molecule has 1 aliphatic heterocycles. The van der Waals surface area contributed by atoms with Gasteiger partial charge in [0, 0.05) is 73.1 Å². The van der Waals surface area contributed by atoms with Crippen LogP contribution in [0.15, 0.2) is 103 Å². The summed E-state index contributed by atoms with van der Waals surface area (Å²) in [6.45, 7) is 10.1. The van der Waals surface area contributed by atoms with Gasteiger partial charge in [-0.05, 0) is 103 Å². The number of carbonyl (C=O) groups is 4. The number of thiazole rings is 1. The van der Waals surface area contributed by atoms with Crippen LogP contribution >= 0.6 is 22.9 Å². The molecule has 2 unspecified atom stereocenters. The Labute approximate surface area is 455 Å². The van der Waals surface area contributed by atoms with Gasteiger partial charge >= 0.3 is 0 Å². The second kappa shape index (κ2) is 31.6. The van der Waals surface area contributed by atoms with E-state index in [2.05, 4.69) is 40.0 Å². The average molecular weight is 1080 g/mol. The van der Waals surface area contributed by atoms with E-state index in [1.807, 2.05) is 77.9 Å². The van der Waals surface area contributed by atoms with Crippen LogP contribution in [-0.4, -0.2) is 132 Å². The third kappa shape index (κ3) is 18.4. The molecule has 0 fully saturated rings. The molecule has 19 heteroatoms. The smallest absolute Gasteiger partial charge is 0.258 e. The highest BCUT2D eigenvalue weighted by Crippen LogP contribution is 2.41. The number of nitrogens with one attached hydrogen (secondary N) is 3. The van der Waals surface area contributed by atoms with Crippen LogP contribution in [0.4, 0.5) is 11.4 Å². The van der Waals surface area contributed by atoms with Gasteiger partial charge in [-0.25, -0.2) is 4.98 Å². The van der Waals surface area contributed by atoms with E-state index in [4.69, 9.17) is 40.0 Å². The number of amides is 4. The molecular formula is C57H70ClN7O10S. The van der Waals surface area contributed by atoms with E-state index in [0.717, 1.165) is 57.9 Å². The number of aromatic nitrogens is 1. The van der Waals surface area contributed by atoms with Gasteiger partial charge in [0.25, 0.3) is 11.8 Å². The number of carbonyl (C=O) groups excluding carboxylic acids is 4. The highest BCUT2D eigenvalue weighted by atomic mass is 35.5. The topological polar surface area (TPSA) is 203 Å². The Hall–Kier alpha value is -6.43. The lowest BCUT2D eigenvalue weighted by Crippen LogP contribution is -2.43. The molecule has 1 aromatic heterocycles. The molecule has 0 saturated heterocycles. The maximum Gasteiger partial charge on any atom is 0.258 e. The molecule has 0 aliphatic carbocycles. The summed E-state index contributed by atoms with van der Waals surface area (Å²) in [5.74, 6) is -0.998. The molecule has 1 aliphatic rings. The zero-order chi connectivity index (χ0) is 54.1. The second-order valence-corrected chi connectivity index (χ2v) is 19.5. The predicted molar refractivity (Wildman–Crippen MR) is 294 cm³/mol. The first-order valence-corrected chi connectivity index (χ1v) is 27.0. The van der Waals surface area contributed by atoms with Gasteiger partial charge < -0.3 is 54.2 Å². The number of benzene rings is 4. The van der Waals surface area contributed by atoms with E-state index in [-0.39, 0.29) is 54.8 Å². The number of rotatable bonds is 32. The summed E-state index contributed by atoms with van der Waals surface area (Å²) < 4.78 is 33.5. The van der Waals surface area contributed by atoms with Crippen molar-refractivity contribution in [3.63, 3.8) is 0 Å². The van der Waals surface area contributed by atoms with E-state index in [9.17, 15) is 24.4 Å². The predicted octanol–water partition coefficient (Wildman–Crippen LogP) is 8.45. The molecule has 4 aromatic carbocycles. The van der Waals surface area contributed by atoms with Crippen molar-refractivity contribution in [1.82, 2.24) is 20.5 Å². The zero-order valence-electron chi connectivity index (χ0n) is 43.8. The van der Waals surface area contributed by atoms with Gasteiger partial charge in [0.15, 0.2) is 6.61 Å². The number of anilines is 2. The lowest BCUT2D eigenvalue weighted by molar-refractivity contribution is -0.135. The number of nitrogens with zero attached hydrogens (tertiary/aromatic N) is 4. The van der Waals surface area contributed by atoms with Crippen molar-refractivity contribution in [3.8, 4) is 22.9 Å². The van der Waals surface area contributed by atoms with Gasteiger partial charge in [0.2, 0.25) is 11.8 Å². The Balaban J connectivity index is 0.740. The van der Waals surface area contributed by atoms with Crippen LogP contribution in [0.3, 0.4) is 0 Å². The molecule has 5 aromatic rings. The van der Waals surface area contributed by atoms with Crippen LogP contribution in [-0.2, 0) is 44.5 Å². The van der Waals surface area contributed by atoms with Gasteiger partial charge in [0.1, 0.15) is 11.7 Å². The van der Waals surface area contributed by atoms with Crippen LogP contribution in [0.25, 0.3) is 11.1 Å².